The minimum Gasteiger partial charge on any atom is -0.497 e. The molecule has 0 saturated carbocycles. The molecule has 0 atom stereocenters. The summed E-state index contributed by atoms with van der Waals surface area (Å²) in [4.78, 5) is 14.9. The summed E-state index contributed by atoms with van der Waals surface area (Å²) >= 11 is 1.32. The smallest absolute Gasteiger partial charge is 0.234 e. The third kappa shape index (κ3) is 5.91. The van der Waals surface area contributed by atoms with Crippen LogP contribution >= 0.6 is 11.8 Å². The number of ether oxygens (including phenoxy) is 2. The van der Waals surface area contributed by atoms with E-state index in [1.54, 1.807) is 38.5 Å². The first-order valence-corrected chi connectivity index (χ1v) is 12.1. The van der Waals surface area contributed by atoms with Gasteiger partial charge in [0.2, 0.25) is 5.91 Å². The van der Waals surface area contributed by atoms with Crippen molar-refractivity contribution in [1.29, 1.82) is 0 Å². The molecule has 1 aromatic heterocycles. The van der Waals surface area contributed by atoms with Crippen molar-refractivity contribution < 1.29 is 14.3 Å². The number of aromatic nitrogens is 3. The Balaban J connectivity index is 1.74. The molecule has 1 N–H and O–H groups in total. The van der Waals surface area contributed by atoms with Crippen LogP contribution in [-0.2, 0) is 11.3 Å². The van der Waals surface area contributed by atoms with Gasteiger partial charge in [0.15, 0.2) is 11.0 Å². The Hall–Kier alpha value is -3.46. The molecule has 0 fully saturated rings. The van der Waals surface area contributed by atoms with E-state index < -0.39 is 0 Å². The molecule has 3 rings (SSSR count). The summed E-state index contributed by atoms with van der Waals surface area (Å²) in [7, 11) is 3.13. The lowest BCUT2D eigenvalue weighted by Crippen LogP contribution is -2.21. The minimum atomic E-state index is -0.185. The number of hydrogen-bond acceptors (Lipinski definition) is 7. The predicted octanol–water partition coefficient (Wildman–Crippen LogP) is 4.73. The molecular weight excluding hydrogens is 450 g/mol. The van der Waals surface area contributed by atoms with Gasteiger partial charge in [-0.05, 0) is 50.2 Å². The van der Waals surface area contributed by atoms with Crippen molar-refractivity contribution >= 4 is 29.0 Å². The van der Waals surface area contributed by atoms with Gasteiger partial charge >= 0.3 is 0 Å². The van der Waals surface area contributed by atoms with Crippen LogP contribution in [0.4, 0.5) is 11.4 Å². The van der Waals surface area contributed by atoms with Crippen LogP contribution in [0.2, 0.25) is 0 Å². The van der Waals surface area contributed by atoms with E-state index in [1.165, 1.54) is 17.4 Å². The van der Waals surface area contributed by atoms with Crippen molar-refractivity contribution in [1.82, 2.24) is 14.8 Å². The van der Waals surface area contributed by atoms with Crippen LogP contribution in [0.5, 0.6) is 11.5 Å². The van der Waals surface area contributed by atoms with Crippen LogP contribution in [0.1, 0.15) is 13.8 Å². The van der Waals surface area contributed by atoms with Gasteiger partial charge < -0.3 is 19.7 Å². The summed E-state index contributed by atoms with van der Waals surface area (Å²) in [5.41, 5.74) is 2.68. The standard InChI is InChI=1S/C25H31N5O3S/c1-6-15-30-24(18-9-11-19(12-10-18)29(7-2)8-3)27-28-25(30)34-17-23(31)26-21-16-20(32-4)13-14-22(21)33-5/h6,9-14,16H,1,7-8,15,17H2,2-5H3,(H,26,31). The fourth-order valence-corrected chi connectivity index (χ4v) is 4.29. The zero-order valence-electron chi connectivity index (χ0n) is 20.1. The fraction of sp³-hybridized carbons (Fsp3) is 0.320. The molecule has 0 unspecified atom stereocenters. The van der Waals surface area contributed by atoms with Crippen molar-refractivity contribution in [2.24, 2.45) is 0 Å². The third-order valence-electron chi connectivity index (χ3n) is 5.30. The summed E-state index contributed by atoms with van der Waals surface area (Å²) in [5.74, 6) is 1.91. The second-order valence-electron chi connectivity index (χ2n) is 7.33. The van der Waals surface area contributed by atoms with Gasteiger partial charge in [-0.2, -0.15) is 0 Å². The van der Waals surface area contributed by atoms with Gasteiger partial charge in [0, 0.05) is 37.0 Å². The van der Waals surface area contributed by atoms with E-state index in [9.17, 15) is 4.79 Å². The summed E-state index contributed by atoms with van der Waals surface area (Å²) in [6.07, 6.45) is 1.79. The molecular formula is C25H31N5O3S. The third-order valence-corrected chi connectivity index (χ3v) is 6.26. The number of carbonyl (C=O) groups is 1. The molecule has 0 bridgehead atoms. The zero-order chi connectivity index (χ0) is 24.5. The average molecular weight is 482 g/mol. The van der Waals surface area contributed by atoms with Crippen LogP contribution in [0.15, 0.2) is 60.3 Å². The first-order valence-electron chi connectivity index (χ1n) is 11.1. The number of thioether (sulfide) groups is 1. The Bertz CT molecular complexity index is 1110. The Morgan fingerprint density at radius 1 is 1.12 bits per heavy atom. The number of amides is 1. The molecule has 0 aliphatic rings. The Morgan fingerprint density at radius 3 is 2.47 bits per heavy atom. The predicted molar refractivity (Wildman–Crippen MR) is 138 cm³/mol. The number of nitrogens with zero attached hydrogens (tertiary/aromatic N) is 4. The normalized spacial score (nSPS) is 10.6. The molecule has 0 aliphatic carbocycles. The lowest BCUT2D eigenvalue weighted by molar-refractivity contribution is -0.113. The number of rotatable bonds is 12. The first-order chi connectivity index (χ1) is 16.5. The average Bonchev–Trinajstić information content (AvgIpc) is 3.26. The highest BCUT2D eigenvalue weighted by Gasteiger charge is 2.16. The second kappa shape index (κ2) is 12.1. The number of benzene rings is 2. The number of methoxy groups -OCH3 is 2. The zero-order valence-corrected chi connectivity index (χ0v) is 20.9. The van der Waals surface area contributed by atoms with E-state index in [1.807, 2.05) is 16.7 Å². The number of hydrogen-bond donors (Lipinski definition) is 1. The molecule has 0 radical (unpaired) electrons. The van der Waals surface area contributed by atoms with E-state index in [0.717, 1.165) is 24.5 Å². The molecule has 1 heterocycles. The van der Waals surface area contributed by atoms with Crippen molar-refractivity contribution in [3.8, 4) is 22.9 Å². The van der Waals surface area contributed by atoms with Crippen LogP contribution in [0.25, 0.3) is 11.4 Å². The van der Waals surface area contributed by atoms with Gasteiger partial charge in [0.1, 0.15) is 11.5 Å². The molecule has 0 saturated heterocycles. The fourth-order valence-electron chi connectivity index (χ4n) is 3.54. The maximum absolute atomic E-state index is 12.6. The number of anilines is 2. The highest BCUT2D eigenvalue weighted by molar-refractivity contribution is 7.99. The molecule has 180 valence electrons. The monoisotopic (exact) mass is 481 g/mol. The largest absolute Gasteiger partial charge is 0.497 e. The molecule has 0 aliphatic heterocycles. The van der Waals surface area contributed by atoms with E-state index in [2.05, 4.69) is 53.0 Å². The van der Waals surface area contributed by atoms with Crippen molar-refractivity contribution in [3.63, 3.8) is 0 Å². The van der Waals surface area contributed by atoms with E-state index >= 15 is 0 Å². The van der Waals surface area contributed by atoms with E-state index in [0.29, 0.717) is 28.9 Å². The topological polar surface area (TPSA) is 81.5 Å². The minimum absolute atomic E-state index is 0.163. The molecule has 34 heavy (non-hydrogen) atoms. The number of nitrogens with one attached hydrogen (secondary N) is 1. The Kier molecular flexibility index (Phi) is 8.98. The van der Waals surface area contributed by atoms with Crippen molar-refractivity contribution in [2.45, 2.75) is 25.5 Å². The lowest BCUT2D eigenvalue weighted by atomic mass is 10.2. The quantitative estimate of drug-likeness (QED) is 0.296. The SMILES string of the molecule is C=CCn1c(SCC(=O)Nc2cc(OC)ccc2OC)nnc1-c1ccc(N(CC)CC)cc1. The van der Waals surface area contributed by atoms with Gasteiger partial charge in [0.05, 0.1) is 25.7 Å². The van der Waals surface area contributed by atoms with Crippen LogP contribution < -0.4 is 19.7 Å². The molecule has 0 spiro atoms. The van der Waals surface area contributed by atoms with Crippen molar-refractivity contribution in [3.05, 3.63) is 55.1 Å². The van der Waals surface area contributed by atoms with Crippen molar-refractivity contribution in [2.75, 3.05) is 43.3 Å². The number of allylic oxidation sites excluding steroid dienone is 1. The lowest BCUT2D eigenvalue weighted by Gasteiger charge is -2.21. The van der Waals surface area contributed by atoms with Crippen LogP contribution in [0.3, 0.4) is 0 Å². The summed E-state index contributed by atoms with van der Waals surface area (Å²) in [6, 6.07) is 13.5. The van der Waals surface area contributed by atoms with Gasteiger partial charge in [0.25, 0.3) is 0 Å². The highest BCUT2D eigenvalue weighted by Crippen LogP contribution is 2.30. The Labute approximate surface area is 205 Å². The van der Waals surface area contributed by atoms with Crippen LogP contribution in [-0.4, -0.2) is 53.7 Å². The highest BCUT2D eigenvalue weighted by atomic mass is 32.2. The second-order valence-corrected chi connectivity index (χ2v) is 8.27. The van der Waals surface area contributed by atoms with E-state index in [-0.39, 0.29) is 11.7 Å². The molecule has 3 aromatic rings. The number of carbonyl (C=O) groups excluding carboxylic acids is 1. The maximum atomic E-state index is 12.6. The summed E-state index contributed by atoms with van der Waals surface area (Å²) in [5, 5.41) is 12.3. The molecule has 1 amide bonds. The summed E-state index contributed by atoms with van der Waals surface area (Å²) in [6.45, 7) is 10.6. The van der Waals surface area contributed by atoms with Gasteiger partial charge in [-0.25, -0.2) is 0 Å². The first kappa shape index (κ1) is 25.2. The van der Waals surface area contributed by atoms with Gasteiger partial charge in [-0.15, -0.1) is 16.8 Å². The molecule has 9 heteroatoms. The van der Waals surface area contributed by atoms with Crippen LogP contribution in [0, 0.1) is 0 Å². The van der Waals surface area contributed by atoms with Gasteiger partial charge in [-0.3, -0.25) is 9.36 Å². The molecule has 2 aromatic carbocycles. The Morgan fingerprint density at radius 2 is 1.85 bits per heavy atom. The van der Waals surface area contributed by atoms with E-state index in [4.69, 9.17) is 9.47 Å². The molecule has 8 nitrogen and oxygen atoms in total. The maximum Gasteiger partial charge on any atom is 0.234 e. The van der Waals surface area contributed by atoms with Gasteiger partial charge in [-0.1, -0.05) is 17.8 Å². The summed E-state index contributed by atoms with van der Waals surface area (Å²) < 4.78 is 12.5.